The van der Waals surface area contributed by atoms with Crippen LogP contribution >= 0.6 is 0 Å². The fourth-order valence-corrected chi connectivity index (χ4v) is 2.85. The highest BCUT2D eigenvalue weighted by Crippen LogP contribution is 2.28. The molecule has 10 nitrogen and oxygen atoms in total. The van der Waals surface area contributed by atoms with E-state index in [1.54, 1.807) is 0 Å². The molecule has 166 valence electrons. The van der Waals surface area contributed by atoms with E-state index in [1.807, 2.05) is 13.8 Å². The molecule has 1 N–H and O–H groups in total. The van der Waals surface area contributed by atoms with Gasteiger partial charge in [-0.25, -0.2) is 0 Å². The first-order valence-corrected chi connectivity index (χ1v) is 9.53. The van der Waals surface area contributed by atoms with Gasteiger partial charge in [-0.3, -0.25) is 19.2 Å². The molecule has 1 rings (SSSR count). The molecule has 0 aromatic heterocycles. The normalized spacial score (nSPS) is 26.5. The van der Waals surface area contributed by atoms with Crippen molar-refractivity contribution < 1.29 is 42.9 Å². The molecule has 0 aromatic rings. The van der Waals surface area contributed by atoms with Gasteiger partial charge in [0.25, 0.3) is 0 Å². The first kappa shape index (κ1) is 24.8. The Labute approximate surface area is 170 Å². The summed E-state index contributed by atoms with van der Waals surface area (Å²) in [4.78, 5) is 46.4. The van der Waals surface area contributed by atoms with E-state index in [0.29, 0.717) is 12.5 Å². The largest absolute Gasteiger partial charge is 0.463 e. The molecule has 10 heteroatoms. The summed E-state index contributed by atoms with van der Waals surface area (Å²) in [7, 11) is 0. The van der Waals surface area contributed by atoms with E-state index in [2.05, 4.69) is 5.32 Å². The van der Waals surface area contributed by atoms with Crippen LogP contribution in [-0.2, 0) is 42.9 Å². The minimum absolute atomic E-state index is 0.248. The predicted octanol–water partition coefficient (Wildman–Crippen LogP) is 0.705. The second-order valence-corrected chi connectivity index (χ2v) is 7.27. The number of hydrogen-bond acceptors (Lipinski definition) is 9. The molecular weight excluding hydrogens is 386 g/mol. The van der Waals surface area contributed by atoms with Gasteiger partial charge in [0.15, 0.2) is 18.5 Å². The van der Waals surface area contributed by atoms with Crippen LogP contribution in [0.4, 0.5) is 0 Å². The highest BCUT2D eigenvalue weighted by molar-refractivity contribution is 5.73. The minimum Gasteiger partial charge on any atom is -0.463 e. The van der Waals surface area contributed by atoms with Crippen molar-refractivity contribution in [1.29, 1.82) is 0 Å². The highest BCUT2D eigenvalue weighted by atomic mass is 16.7. The summed E-state index contributed by atoms with van der Waals surface area (Å²) in [5, 5.41) is 2.65. The van der Waals surface area contributed by atoms with E-state index >= 15 is 0 Å². The number of nitrogens with one attached hydrogen (secondary N) is 1. The number of esters is 3. The lowest BCUT2D eigenvalue weighted by Gasteiger charge is -2.45. The SMILES string of the molecule is CC(=O)N[C@H]1[C@H](OCCC(C)C)O[C@H](COC(C)=O)[C@@H](OC(C)=O)[C@@H]1OC(C)=O. The summed E-state index contributed by atoms with van der Waals surface area (Å²) < 4.78 is 27.4. The molecule has 1 heterocycles. The summed E-state index contributed by atoms with van der Waals surface area (Å²) in [6.45, 7) is 9.03. The third-order valence-corrected chi connectivity index (χ3v) is 4.05. The summed E-state index contributed by atoms with van der Waals surface area (Å²) in [6.07, 6.45) is -3.45. The fraction of sp³-hybridized carbons (Fsp3) is 0.789. The molecule has 0 aliphatic carbocycles. The quantitative estimate of drug-likeness (QED) is 0.426. The van der Waals surface area contributed by atoms with E-state index < -0.39 is 54.5 Å². The smallest absolute Gasteiger partial charge is 0.303 e. The van der Waals surface area contributed by atoms with Crippen molar-refractivity contribution in [2.45, 2.75) is 78.6 Å². The van der Waals surface area contributed by atoms with Gasteiger partial charge in [0.2, 0.25) is 5.91 Å². The maximum absolute atomic E-state index is 11.8. The Morgan fingerprint density at radius 3 is 2.00 bits per heavy atom. The summed E-state index contributed by atoms with van der Waals surface area (Å²) in [5.41, 5.74) is 0. The van der Waals surface area contributed by atoms with E-state index in [9.17, 15) is 19.2 Å². The second kappa shape index (κ2) is 11.7. The van der Waals surface area contributed by atoms with Gasteiger partial charge in [-0.15, -0.1) is 0 Å². The van der Waals surface area contributed by atoms with Gasteiger partial charge in [-0.1, -0.05) is 13.8 Å². The van der Waals surface area contributed by atoms with E-state index in [4.69, 9.17) is 23.7 Å². The van der Waals surface area contributed by atoms with Crippen LogP contribution in [0.5, 0.6) is 0 Å². The third kappa shape index (κ3) is 8.78. The molecule has 0 spiro atoms. The first-order chi connectivity index (χ1) is 13.5. The van der Waals surface area contributed by atoms with E-state index in [0.717, 1.165) is 6.42 Å². The van der Waals surface area contributed by atoms with Gasteiger partial charge in [-0.2, -0.15) is 0 Å². The Morgan fingerprint density at radius 2 is 1.52 bits per heavy atom. The predicted molar refractivity (Wildman–Crippen MR) is 99.4 cm³/mol. The van der Waals surface area contributed by atoms with Crippen molar-refractivity contribution >= 4 is 23.8 Å². The number of rotatable bonds is 9. The van der Waals surface area contributed by atoms with Gasteiger partial charge in [0, 0.05) is 27.7 Å². The van der Waals surface area contributed by atoms with Gasteiger partial charge >= 0.3 is 17.9 Å². The number of hydrogen-bond donors (Lipinski definition) is 1. The zero-order valence-corrected chi connectivity index (χ0v) is 17.8. The van der Waals surface area contributed by atoms with Crippen molar-refractivity contribution in [3.05, 3.63) is 0 Å². The molecule has 29 heavy (non-hydrogen) atoms. The van der Waals surface area contributed by atoms with E-state index in [-0.39, 0.29) is 6.61 Å². The number of carbonyl (C=O) groups excluding carboxylic acids is 4. The Balaban J connectivity index is 3.21. The van der Waals surface area contributed by atoms with Crippen molar-refractivity contribution in [3.63, 3.8) is 0 Å². The summed E-state index contributed by atoms with van der Waals surface area (Å²) >= 11 is 0. The Hall–Kier alpha value is -2.20. The zero-order valence-electron chi connectivity index (χ0n) is 17.8. The second-order valence-electron chi connectivity index (χ2n) is 7.27. The van der Waals surface area contributed by atoms with Crippen LogP contribution < -0.4 is 5.32 Å². The first-order valence-electron chi connectivity index (χ1n) is 9.53. The van der Waals surface area contributed by atoms with Gasteiger partial charge < -0.3 is 29.0 Å². The molecule has 1 aliphatic rings. The molecule has 1 amide bonds. The van der Waals surface area contributed by atoms with Crippen molar-refractivity contribution in [3.8, 4) is 0 Å². The maximum Gasteiger partial charge on any atom is 0.303 e. The molecule has 0 unspecified atom stereocenters. The van der Waals surface area contributed by atoms with Crippen molar-refractivity contribution in [1.82, 2.24) is 5.32 Å². The average molecular weight is 417 g/mol. The third-order valence-electron chi connectivity index (χ3n) is 4.05. The van der Waals surface area contributed by atoms with Crippen LogP contribution in [0.25, 0.3) is 0 Å². The minimum atomic E-state index is -1.11. The Morgan fingerprint density at radius 1 is 0.931 bits per heavy atom. The average Bonchev–Trinajstić information content (AvgIpc) is 2.56. The van der Waals surface area contributed by atoms with Crippen LogP contribution in [0.3, 0.4) is 0 Å². The van der Waals surface area contributed by atoms with Crippen molar-refractivity contribution in [2.24, 2.45) is 5.92 Å². The van der Waals surface area contributed by atoms with Gasteiger partial charge in [0.05, 0.1) is 6.61 Å². The number of carbonyl (C=O) groups is 4. The topological polar surface area (TPSA) is 126 Å². The standard InChI is InChI=1S/C19H31NO9/c1-10(2)7-8-25-19-16(20-11(3)21)18(28-14(6)24)17(27-13(5)23)15(29-19)9-26-12(4)22/h10,15-19H,7-9H2,1-6H3,(H,20,21)/t15-,16-,17-,18-,19-/m1/s1. The molecule has 0 saturated carbocycles. The van der Waals surface area contributed by atoms with Crippen molar-refractivity contribution in [2.75, 3.05) is 13.2 Å². The molecule has 1 fully saturated rings. The maximum atomic E-state index is 11.8. The van der Waals surface area contributed by atoms with Crippen LogP contribution in [0.15, 0.2) is 0 Å². The molecule has 0 bridgehead atoms. The van der Waals surface area contributed by atoms with Gasteiger partial charge in [0.1, 0.15) is 18.8 Å². The van der Waals surface area contributed by atoms with Crippen LogP contribution in [0.1, 0.15) is 48.0 Å². The molecule has 1 aliphatic heterocycles. The lowest BCUT2D eigenvalue weighted by atomic mass is 9.96. The van der Waals surface area contributed by atoms with Gasteiger partial charge in [-0.05, 0) is 12.3 Å². The van der Waals surface area contributed by atoms with Crippen LogP contribution in [0, 0.1) is 5.92 Å². The summed E-state index contributed by atoms with van der Waals surface area (Å²) in [5.74, 6) is -1.89. The number of ether oxygens (including phenoxy) is 5. The fourth-order valence-electron chi connectivity index (χ4n) is 2.85. The highest BCUT2D eigenvalue weighted by Gasteiger charge is 2.51. The Bertz CT molecular complexity index is 592. The monoisotopic (exact) mass is 417 g/mol. The molecule has 5 atom stereocenters. The molecule has 0 radical (unpaired) electrons. The lowest BCUT2D eigenvalue weighted by Crippen LogP contribution is -2.66. The molecular formula is C19H31NO9. The molecule has 0 aromatic carbocycles. The zero-order chi connectivity index (χ0) is 22.1. The van der Waals surface area contributed by atoms with Crippen LogP contribution in [-0.4, -0.2) is 67.7 Å². The lowest BCUT2D eigenvalue weighted by molar-refractivity contribution is -0.278. The molecule has 1 saturated heterocycles. The van der Waals surface area contributed by atoms with Crippen LogP contribution in [0.2, 0.25) is 0 Å². The van der Waals surface area contributed by atoms with E-state index in [1.165, 1.54) is 27.7 Å². The number of amides is 1. The Kier molecular flexibility index (Phi) is 10.0. The summed E-state index contributed by atoms with van der Waals surface area (Å²) in [6, 6.07) is -0.929.